The van der Waals surface area contributed by atoms with Crippen LogP contribution in [0.15, 0.2) is 0 Å². The van der Waals surface area contributed by atoms with Gasteiger partial charge in [0, 0.05) is 32.7 Å². The molecule has 2 heterocycles. The Kier molecular flexibility index (Phi) is 15.6. The molecule has 0 aromatic carbocycles. The second kappa shape index (κ2) is 15.4. The predicted octanol–water partition coefficient (Wildman–Crippen LogP) is -2.56. The number of hydrogen-bond donors (Lipinski definition) is 0. The van der Waals surface area contributed by atoms with Gasteiger partial charge in [-0.05, 0) is 55.6 Å². The van der Waals surface area contributed by atoms with Crippen molar-refractivity contribution in [3.05, 3.63) is 0 Å². The summed E-state index contributed by atoms with van der Waals surface area (Å²) in [4.78, 5) is 52.8. The van der Waals surface area contributed by atoms with Gasteiger partial charge >= 0.3 is 37.0 Å². The number of carbonyl (C=O) groups excluding carboxylic acids is 4. The van der Waals surface area contributed by atoms with Gasteiger partial charge in [0.1, 0.15) is 17.2 Å². The molecule has 2 atom stereocenters. The summed E-state index contributed by atoms with van der Waals surface area (Å²) in [6.45, 7) is 14.0. The van der Waals surface area contributed by atoms with Crippen molar-refractivity contribution in [2.75, 3.05) is 60.5 Å². The molecule has 0 aliphatic carbocycles. The summed E-state index contributed by atoms with van der Waals surface area (Å²) >= 11 is 0. The molecule has 0 unspecified atom stereocenters. The average Bonchev–Trinajstić information content (AvgIpc) is 2.71. The van der Waals surface area contributed by atoms with Gasteiger partial charge in [0.05, 0.1) is 13.7 Å². The standard InChI is InChI=1S/C12H22N2O4.C11H19N2O3.Li.H2O/c1-12(2,3)18-11(16)14-7-6-13(4)9(8-14)10(15)17-5;1-11(2,3)16-10(15)13-6-5-12(4)9(7-13)8-14;;/h9H,6-8H2,1-5H3;9H,5-7H2,1-4H3;;1H2/q;-1;+1;/p+1/t2*9-;;/m11../s1. The monoisotopic (exact) mass is 511 g/mol. The first-order valence-corrected chi connectivity index (χ1v) is 11.4. The number of rotatable bonds is 2. The van der Waals surface area contributed by atoms with Gasteiger partial charge in [0.25, 0.3) is 0 Å². The zero-order valence-corrected chi connectivity index (χ0v) is 23.6. The molecule has 13 heteroatoms. The van der Waals surface area contributed by atoms with E-state index >= 15 is 0 Å². The molecule has 0 spiro atoms. The van der Waals surface area contributed by atoms with Gasteiger partial charge in [0.2, 0.25) is 0 Å². The largest absolute Gasteiger partial charge is 1.00 e. The van der Waals surface area contributed by atoms with E-state index in [-0.39, 0.29) is 48.5 Å². The number of likely N-dealkylation sites (N-methyl/N-ethyl adjacent to an activating group) is 2. The smallest absolute Gasteiger partial charge is 0.540 e. The van der Waals surface area contributed by atoms with E-state index in [2.05, 4.69) is 0 Å². The van der Waals surface area contributed by atoms with Gasteiger partial charge in [-0.15, -0.1) is 0 Å². The van der Waals surface area contributed by atoms with Crippen LogP contribution in [0, 0.1) is 0 Å². The molecule has 2 amide bonds. The summed E-state index contributed by atoms with van der Waals surface area (Å²) in [6, 6.07) is -0.766. The van der Waals surface area contributed by atoms with Gasteiger partial charge in [-0.25, -0.2) is 15.9 Å². The molecule has 0 radical (unpaired) electrons. The molecule has 0 saturated carbocycles. The number of carbonyl (C=O) groups is 3. The molecule has 2 saturated heterocycles. The number of piperazine rings is 2. The Labute approximate surface area is 227 Å². The van der Waals surface area contributed by atoms with E-state index < -0.39 is 17.2 Å². The maximum atomic E-state index is 11.9. The van der Waals surface area contributed by atoms with Crippen LogP contribution in [0.25, 0.3) is 0 Å². The van der Waals surface area contributed by atoms with E-state index in [0.29, 0.717) is 39.3 Å². The van der Waals surface area contributed by atoms with Crippen LogP contribution in [0.5, 0.6) is 0 Å². The fraction of sp³-hybridized carbons (Fsp3) is 0.826. The third-order valence-corrected chi connectivity index (χ3v) is 5.21. The van der Waals surface area contributed by atoms with Crippen LogP contribution in [0.1, 0.15) is 41.5 Å². The Bertz CT molecular complexity index is 726. The van der Waals surface area contributed by atoms with Crippen LogP contribution in [0.4, 0.5) is 9.59 Å². The van der Waals surface area contributed by atoms with Gasteiger partial charge in [-0.2, -0.15) is 0 Å². The van der Waals surface area contributed by atoms with Crippen LogP contribution in [-0.2, 0) is 29.3 Å². The van der Waals surface area contributed by atoms with Crippen molar-refractivity contribution in [2.45, 2.75) is 64.8 Å². The Hall–Kier alpha value is -1.84. The van der Waals surface area contributed by atoms with Crippen LogP contribution < -0.4 is 18.9 Å². The molecule has 2 rings (SSSR count). The third-order valence-electron chi connectivity index (χ3n) is 5.21. The van der Waals surface area contributed by atoms with Crippen LogP contribution in [0.2, 0.25) is 0 Å². The van der Waals surface area contributed by atoms with Crippen molar-refractivity contribution in [3.63, 3.8) is 0 Å². The summed E-state index contributed by atoms with van der Waals surface area (Å²) < 4.78 is 15.3. The van der Waals surface area contributed by atoms with Crippen molar-refractivity contribution >= 4 is 24.4 Å². The number of methoxy groups -OCH3 is 1. The van der Waals surface area contributed by atoms with E-state index in [9.17, 15) is 19.2 Å². The van der Waals surface area contributed by atoms with Gasteiger partial charge in [0.15, 0.2) is 0 Å². The fourth-order valence-corrected chi connectivity index (χ4v) is 3.25. The summed E-state index contributed by atoms with van der Waals surface area (Å²) in [5.74, 6) is -0.328. The van der Waals surface area contributed by atoms with Gasteiger partial charge in [-0.3, -0.25) is 9.69 Å². The number of amides is 2. The van der Waals surface area contributed by atoms with Crippen molar-refractivity contribution in [1.29, 1.82) is 0 Å². The Balaban J connectivity index is 0. The van der Waals surface area contributed by atoms with Crippen molar-refractivity contribution in [2.24, 2.45) is 0 Å². The first-order chi connectivity index (χ1) is 15.6. The summed E-state index contributed by atoms with van der Waals surface area (Å²) in [6.07, 6.45) is 1.18. The molecule has 3 N–H and O–H groups in total. The Morgan fingerprint density at radius 3 is 1.58 bits per heavy atom. The van der Waals surface area contributed by atoms with Crippen molar-refractivity contribution < 1.29 is 57.7 Å². The molecular weight excluding hydrogens is 467 g/mol. The molecule has 36 heavy (non-hydrogen) atoms. The molecule has 2 fully saturated rings. The Morgan fingerprint density at radius 1 is 0.778 bits per heavy atom. The van der Waals surface area contributed by atoms with Crippen LogP contribution in [-0.4, -0.2) is 128 Å². The fourth-order valence-electron chi connectivity index (χ4n) is 3.25. The van der Waals surface area contributed by atoms with Crippen molar-refractivity contribution in [3.8, 4) is 0 Å². The Morgan fingerprint density at radius 2 is 1.19 bits per heavy atom. The van der Waals surface area contributed by atoms with Crippen LogP contribution >= 0.6 is 0 Å². The quantitative estimate of drug-likeness (QED) is 0.129. The average molecular weight is 512 g/mol. The molecule has 0 bridgehead atoms. The maximum absolute atomic E-state index is 11.9. The number of nitrogens with zero attached hydrogens (tertiary/aromatic N) is 4. The van der Waals surface area contributed by atoms with E-state index in [1.54, 1.807) is 9.80 Å². The SMILES string of the molecule is CN1CCN(C(=O)OC(C)(C)C)C[C@@H]1[C-]=O.COC(=O)[C@H]1CN(C(=O)OC(C)(C)C)CCN1C.[Li+].[OH3+]. The predicted molar refractivity (Wildman–Crippen MR) is 131 cm³/mol. The second-order valence-corrected chi connectivity index (χ2v) is 10.5. The summed E-state index contributed by atoms with van der Waals surface area (Å²) in [7, 11) is 5.04. The molecule has 2 aliphatic heterocycles. The van der Waals surface area contributed by atoms with E-state index in [0.717, 1.165) is 0 Å². The molecule has 0 aromatic rings. The molecule has 204 valence electrons. The minimum absolute atomic E-state index is 0. The van der Waals surface area contributed by atoms with E-state index in [1.807, 2.05) is 71.7 Å². The molecular formula is C23H44LiN4O8+. The topological polar surface area (TPSA) is 142 Å². The number of ether oxygens (including phenoxy) is 3. The minimum atomic E-state index is -0.527. The zero-order chi connectivity index (χ0) is 26.3. The first kappa shape index (κ1) is 36.3. The first-order valence-electron chi connectivity index (χ1n) is 11.4. The summed E-state index contributed by atoms with van der Waals surface area (Å²) in [5.41, 5.74) is -1.03. The van der Waals surface area contributed by atoms with E-state index in [1.165, 1.54) is 7.11 Å². The van der Waals surface area contributed by atoms with Gasteiger partial charge < -0.3 is 39.2 Å². The van der Waals surface area contributed by atoms with Gasteiger partial charge in [-0.1, -0.05) is 6.04 Å². The van der Waals surface area contributed by atoms with Crippen LogP contribution in [0.3, 0.4) is 0 Å². The normalized spacial score (nSPS) is 21.0. The zero-order valence-electron chi connectivity index (χ0n) is 23.6. The van der Waals surface area contributed by atoms with E-state index in [4.69, 9.17) is 14.2 Å². The van der Waals surface area contributed by atoms with Crippen molar-refractivity contribution in [1.82, 2.24) is 19.6 Å². The molecule has 0 aromatic heterocycles. The molecule has 2 aliphatic rings. The number of esters is 1. The number of hydrogen-bond acceptors (Lipinski definition) is 9. The second-order valence-electron chi connectivity index (χ2n) is 10.5. The third kappa shape index (κ3) is 12.4. The maximum Gasteiger partial charge on any atom is 1.00 e. The molecule has 12 nitrogen and oxygen atoms in total. The minimum Gasteiger partial charge on any atom is -0.540 e. The summed E-state index contributed by atoms with van der Waals surface area (Å²) in [5, 5.41) is 0.